The van der Waals surface area contributed by atoms with Crippen LogP contribution >= 0.6 is 0 Å². The molecule has 0 saturated heterocycles. The third-order valence-electron chi connectivity index (χ3n) is 3.66. The van der Waals surface area contributed by atoms with E-state index in [-0.39, 0.29) is 0 Å². The largest absolute Gasteiger partial charge is 0.497 e. The highest BCUT2D eigenvalue weighted by Crippen LogP contribution is 2.28. The lowest BCUT2D eigenvalue weighted by atomic mass is 10.1. The molecule has 0 fully saturated rings. The number of nitrogens with zero attached hydrogens (tertiary/aromatic N) is 1. The van der Waals surface area contributed by atoms with E-state index in [0.29, 0.717) is 24.2 Å². The molecule has 0 atom stereocenters. The van der Waals surface area contributed by atoms with Gasteiger partial charge >= 0.3 is 0 Å². The number of fused-ring (bicyclic) bond motifs is 1. The fraction of sp³-hybridized carbons (Fsp3) is 0.176. The van der Waals surface area contributed by atoms with Crippen molar-refractivity contribution in [2.45, 2.75) is 6.42 Å². The molecule has 1 aliphatic heterocycles. The van der Waals surface area contributed by atoms with Gasteiger partial charge in [-0.15, -0.1) is 0 Å². The van der Waals surface area contributed by atoms with Crippen LogP contribution in [0.1, 0.15) is 15.9 Å². The number of hydrogen-bond donors (Lipinski definition) is 0. The van der Waals surface area contributed by atoms with Gasteiger partial charge in [0.1, 0.15) is 5.75 Å². The van der Waals surface area contributed by atoms with Crippen LogP contribution in [0.4, 0.5) is 5.69 Å². The fourth-order valence-corrected chi connectivity index (χ4v) is 2.50. The van der Waals surface area contributed by atoms with Crippen molar-refractivity contribution in [3.63, 3.8) is 0 Å². The summed E-state index contributed by atoms with van der Waals surface area (Å²) in [5.74, 6) is -0.0541. The van der Waals surface area contributed by atoms with E-state index in [1.54, 1.807) is 24.1 Å². The average molecular weight is 281 g/mol. The van der Waals surface area contributed by atoms with Crippen LogP contribution in [-0.2, 0) is 11.2 Å². The van der Waals surface area contributed by atoms with Gasteiger partial charge in [-0.25, -0.2) is 0 Å². The summed E-state index contributed by atoms with van der Waals surface area (Å²) in [6.45, 7) is 0.494. The van der Waals surface area contributed by atoms with E-state index in [1.807, 2.05) is 36.4 Å². The molecule has 0 aromatic heterocycles. The maximum atomic E-state index is 12.0. The third kappa shape index (κ3) is 2.40. The summed E-state index contributed by atoms with van der Waals surface area (Å²) < 4.78 is 5.12. The van der Waals surface area contributed by atoms with E-state index in [1.165, 1.54) is 0 Å². The molecule has 0 unspecified atom stereocenters. The van der Waals surface area contributed by atoms with Crippen LogP contribution in [0.25, 0.3) is 0 Å². The molecule has 3 rings (SSSR count). The zero-order valence-corrected chi connectivity index (χ0v) is 11.7. The van der Waals surface area contributed by atoms with Gasteiger partial charge in [-0.05, 0) is 36.2 Å². The number of hydrogen-bond acceptors (Lipinski definition) is 3. The molecule has 0 bridgehead atoms. The Balaban J connectivity index is 1.76. The molecular formula is C17H15NO3. The predicted molar refractivity (Wildman–Crippen MR) is 79.8 cm³/mol. The van der Waals surface area contributed by atoms with Gasteiger partial charge in [0, 0.05) is 6.54 Å². The second kappa shape index (κ2) is 5.40. The van der Waals surface area contributed by atoms with Gasteiger partial charge < -0.3 is 9.64 Å². The molecule has 1 heterocycles. The summed E-state index contributed by atoms with van der Waals surface area (Å²) in [6.07, 6.45) is 0.692. The molecule has 2 aromatic carbocycles. The highest BCUT2D eigenvalue weighted by Gasteiger charge is 2.34. The molecule has 2 aromatic rings. The number of ketones is 1. The summed E-state index contributed by atoms with van der Waals surface area (Å²) in [4.78, 5) is 25.5. The third-order valence-corrected chi connectivity index (χ3v) is 3.66. The minimum absolute atomic E-state index is 0.416. The van der Waals surface area contributed by atoms with Crippen molar-refractivity contribution in [1.82, 2.24) is 0 Å². The van der Waals surface area contributed by atoms with Gasteiger partial charge in [0.2, 0.25) is 0 Å². The SMILES string of the molecule is COc1ccc(CCN2C(=O)C(=O)c3ccccc32)cc1. The van der Waals surface area contributed by atoms with Crippen LogP contribution in [0, 0.1) is 0 Å². The lowest BCUT2D eigenvalue weighted by Gasteiger charge is -2.16. The standard InChI is InChI=1S/C17H15NO3/c1-21-13-8-6-12(7-9-13)10-11-18-15-5-3-2-4-14(15)16(19)17(18)20/h2-9H,10-11H2,1H3. The normalized spacial score (nSPS) is 13.5. The van der Waals surface area contributed by atoms with Crippen molar-refractivity contribution in [2.24, 2.45) is 0 Å². The number of ether oxygens (including phenoxy) is 1. The highest BCUT2D eigenvalue weighted by molar-refractivity contribution is 6.52. The summed E-state index contributed by atoms with van der Waals surface area (Å²) in [5, 5.41) is 0. The van der Waals surface area contributed by atoms with Crippen molar-refractivity contribution in [2.75, 3.05) is 18.6 Å². The minimum atomic E-state index is -0.440. The van der Waals surface area contributed by atoms with Crippen molar-refractivity contribution in [3.8, 4) is 5.75 Å². The number of anilines is 1. The topological polar surface area (TPSA) is 46.6 Å². The van der Waals surface area contributed by atoms with Crippen molar-refractivity contribution in [3.05, 3.63) is 59.7 Å². The summed E-state index contributed by atoms with van der Waals surface area (Å²) in [6, 6.07) is 14.8. The van der Waals surface area contributed by atoms with Crippen LogP contribution in [0.2, 0.25) is 0 Å². The van der Waals surface area contributed by atoms with Crippen LogP contribution in [0.3, 0.4) is 0 Å². The van der Waals surface area contributed by atoms with Gasteiger partial charge in [0.25, 0.3) is 11.7 Å². The number of carbonyl (C=O) groups is 2. The molecule has 106 valence electrons. The first-order valence-electron chi connectivity index (χ1n) is 6.79. The summed E-state index contributed by atoms with van der Waals surface area (Å²) in [5.41, 5.74) is 2.30. The Kier molecular flexibility index (Phi) is 3.44. The summed E-state index contributed by atoms with van der Waals surface area (Å²) in [7, 11) is 1.63. The van der Waals surface area contributed by atoms with Gasteiger partial charge in [0.05, 0.1) is 18.4 Å². The maximum absolute atomic E-state index is 12.0. The first kappa shape index (κ1) is 13.4. The molecule has 1 aliphatic rings. The van der Waals surface area contributed by atoms with E-state index in [0.717, 1.165) is 11.3 Å². The van der Waals surface area contributed by atoms with E-state index in [9.17, 15) is 9.59 Å². The van der Waals surface area contributed by atoms with Crippen molar-refractivity contribution in [1.29, 1.82) is 0 Å². The predicted octanol–water partition coefficient (Wildman–Crippen LogP) is 2.47. The molecule has 0 aliphatic carbocycles. The quantitative estimate of drug-likeness (QED) is 0.809. The number of amides is 1. The first-order chi connectivity index (χ1) is 10.2. The average Bonchev–Trinajstić information content (AvgIpc) is 2.78. The summed E-state index contributed by atoms with van der Waals surface area (Å²) >= 11 is 0. The smallest absolute Gasteiger partial charge is 0.299 e. The maximum Gasteiger partial charge on any atom is 0.299 e. The van der Waals surface area contributed by atoms with Crippen LogP contribution in [-0.4, -0.2) is 25.3 Å². The Morgan fingerprint density at radius 2 is 1.71 bits per heavy atom. The number of benzene rings is 2. The van der Waals surface area contributed by atoms with Gasteiger partial charge in [-0.3, -0.25) is 9.59 Å². The number of rotatable bonds is 4. The minimum Gasteiger partial charge on any atom is -0.497 e. The molecular weight excluding hydrogens is 266 g/mol. The Bertz CT molecular complexity index is 691. The molecule has 0 spiro atoms. The Morgan fingerprint density at radius 1 is 1.00 bits per heavy atom. The second-order valence-electron chi connectivity index (χ2n) is 4.90. The lowest BCUT2D eigenvalue weighted by molar-refractivity contribution is -0.114. The van der Waals surface area contributed by atoms with E-state index in [2.05, 4.69) is 0 Å². The zero-order valence-electron chi connectivity index (χ0n) is 11.7. The van der Waals surface area contributed by atoms with E-state index >= 15 is 0 Å². The van der Waals surface area contributed by atoms with Gasteiger partial charge in [-0.2, -0.15) is 0 Å². The number of methoxy groups -OCH3 is 1. The lowest BCUT2D eigenvalue weighted by Crippen LogP contribution is -2.31. The highest BCUT2D eigenvalue weighted by atomic mass is 16.5. The molecule has 0 radical (unpaired) electrons. The Hall–Kier alpha value is -2.62. The number of carbonyl (C=O) groups excluding carboxylic acids is 2. The van der Waals surface area contributed by atoms with Crippen molar-refractivity contribution < 1.29 is 14.3 Å². The molecule has 4 heteroatoms. The second-order valence-corrected chi connectivity index (χ2v) is 4.90. The molecule has 0 saturated carbocycles. The Morgan fingerprint density at radius 3 is 2.43 bits per heavy atom. The van der Waals surface area contributed by atoms with Crippen LogP contribution < -0.4 is 9.64 Å². The number of para-hydroxylation sites is 1. The molecule has 4 nitrogen and oxygen atoms in total. The zero-order chi connectivity index (χ0) is 14.8. The van der Waals surface area contributed by atoms with Crippen LogP contribution in [0.15, 0.2) is 48.5 Å². The van der Waals surface area contributed by atoms with Crippen molar-refractivity contribution >= 4 is 17.4 Å². The van der Waals surface area contributed by atoms with Gasteiger partial charge in [0.15, 0.2) is 0 Å². The first-order valence-corrected chi connectivity index (χ1v) is 6.79. The fourth-order valence-electron chi connectivity index (χ4n) is 2.50. The van der Waals surface area contributed by atoms with E-state index in [4.69, 9.17) is 4.74 Å². The monoisotopic (exact) mass is 281 g/mol. The van der Waals surface area contributed by atoms with E-state index < -0.39 is 11.7 Å². The number of Topliss-reactive ketones (excluding diaryl/α,β-unsaturated/α-hetero) is 1. The molecule has 0 N–H and O–H groups in total. The van der Waals surface area contributed by atoms with Crippen LogP contribution in [0.5, 0.6) is 5.75 Å². The Labute approximate surface area is 123 Å². The van der Waals surface area contributed by atoms with Gasteiger partial charge in [-0.1, -0.05) is 24.3 Å². The molecule has 1 amide bonds. The molecule has 21 heavy (non-hydrogen) atoms.